The highest BCUT2D eigenvalue weighted by Gasteiger charge is 2.40. The summed E-state index contributed by atoms with van der Waals surface area (Å²) in [5, 5.41) is 8.87. The topological polar surface area (TPSA) is 53.0 Å². The second-order valence-corrected chi connectivity index (χ2v) is 6.38. The minimum atomic E-state index is 0.395. The van der Waals surface area contributed by atoms with Crippen molar-refractivity contribution in [3.8, 4) is 6.07 Å². The van der Waals surface area contributed by atoms with Gasteiger partial charge in [0.1, 0.15) is 0 Å². The first-order chi connectivity index (χ1) is 9.69. The van der Waals surface area contributed by atoms with E-state index in [0.29, 0.717) is 18.0 Å². The second-order valence-electron chi connectivity index (χ2n) is 6.38. The summed E-state index contributed by atoms with van der Waals surface area (Å²) in [6.45, 7) is 4.58. The summed E-state index contributed by atoms with van der Waals surface area (Å²) in [5.41, 5.74) is 8.33. The quantitative estimate of drug-likeness (QED) is 0.898. The third kappa shape index (κ3) is 2.46. The highest BCUT2D eigenvalue weighted by molar-refractivity contribution is 5.32. The summed E-state index contributed by atoms with van der Waals surface area (Å²) >= 11 is 0. The van der Waals surface area contributed by atoms with Gasteiger partial charge in [-0.3, -0.25) is 4.90 Å². The summed E-state index contributed by atoms with van der Waals surface area (Å²) in [7, 11) is 0. The zero-order valence-corrected chi connectivity index (χ0v) is 12.1. The third-order valence-corrected chi connectivity index (χ3v) is 5.25. The maximum Gasteiger partial charge on any atom is 0.0991 e. The molecule has 3 rings (SSSR count). The first-order valence-electron chi connectivity index (χ1n) is 7.68. The molecule has 3 nitrogen and oxygen atoms in total. The highest BCUT2D eigenvalue weighted by Crippen LogP contribution is 2.38. The van der Waals surface area contributed by atoms with Gasteiger partial charge in [0.2, 0.25) is 0 Å². The highest BCUT2D eigenvalue weighted by atomic mass is 15.2. The number of nitrogens with two attached hydrogens (primary N) is 1. The van der Waals surface area contributed by atoms with E-state index in [2.05, 4.69) is 30.0 Å². The molecule has 0 radical (unpaired) electrons. The summed E-state index contributed by atoms with van der Waals surface area (Å²) in [6, 6.07) is 11.0. The van der Waals surface area contributed by atoms with Crippen molar-refractivity contribution in [3.63, 3.8) is 0 Å². The van der Waals surface area contributed by atoms with E-state index in [1.807, 2.05) is 12.1 Å². The van der Waals surface area contributed by atoms with Crippen molar-refractivity contribution in [2.45, 2.75) is 38.3 Å². The molecule has 0 spiro atoms. The van der Waals surface area contributed by atoms with Crippen molar-refractivity contribution < 1.29 is 0 Å². The van der Waals surface area contributed by atoms with Crippen LogP contribution < -0.4 is 5.73 Å². The lowest BCUT2D eigenvalue weighted by Gasteiger charge is -2.30. The Morgan fingerprint density at radius 2 is 2.00 bits per heavy atom. The first kappa shape index (κ1) is 13.6. The lowest BCUT2D eigenvalue weighted by molar-refractivity contribution is 0.245. The number of likely N-dealkylation sites (tertiary alicyclic amines) is 1. The zero-order valence-electron chi connectivity index (χ0n) is 12.1. The Balaban J connectivity index is 1.71. The van der Waals surface area contributed by atoms with Gasteiger partial charge in [0, 0.05) is 25.2 Å². The van der Waals surface area contributed by atoms with Gasteiger partial charge in [-0.05, 0) is 49.3 Å². The molecule has 1 saturated heterocycles. The van der Waals surface area contributed by atoms with Crippen LogP contribution in [0.15, 0.2) is 24.3 Å². The van der Waals surface area contributed by atoms with E-state index in [1.165, 1.54) is 31.4 Å². The van der Waals surface area contributed by atoms with Gasteiger partial charge in [0.15, 0.2) is 0 Å². The van der Waals surface area contributed by atoms with Crippen molar-refractivity contribution in [2.24, 2.45) is 17.6 Å². The predicted molar refractivity (Wildman–Crippen MR) is 80.0 cm³/mol. The van der Waals surface area contributed by atoms with E-state index in [9.17, 15) is 0 Å². The number of hydrogen-bond donors (Lipinski definition) is 1. The molecule has 2 N–H and O–H groups in total. The minimum Gasteiger partial charge on any atom is -0.327 e. The summed E-state index contributed by atoms with van der Waals surface area (Å²) in [6.07, 6.45) is 3.83. The smallest absolute Gasteiger partial charge is 0.0991 e. The first-order valence-corrected chi connectivity index (χ1v) is 7.68. The molecule has 0 amide bonds. The molecule has 1 aliphatic carbocycles. The number of hydrogen-bond acceptors (Lipinski definition) is 3. The normalized spacial score (nSPS) is 31.6. The van der Waals surface area contributed by atoms with E-state index in [0.717, 1.165) is 18.0 Å². The van der Waals surface area contributed by atoms with Crippen LogP contribution in [0.1, 0.15) is 43.4 Å². The molecule has 1 aliphatic heterocycles. The third-order valence-electron chi connectivity index (χ3n) is 5.25. The number of nitriles is 1. The fraction of sp³-hybridized carbons (Fsp3) is 0.588. The van der Waals surface area contributed by atoms with Crippen LogP contribution in [0.4, 0.5) is 0 Å². The summed E-state index contributed by atoms with van der Waals surface area (Å²) < 4.78 is 0. The Hall–Kier alpha value is -1.37. The Morgan fingerprint density at radius 3 is 2.65 bits per heavy atom. The number of nitrogens with zero attached hydrogens (tertiary/aromatic N) is 2. The monoisotopic (exact) mass is 269 g/mol. The van der Waals surface area contributed by atoms with Crippen molar-refractivity contribution >= 4 is 0 Å². The molecule has 4 atom stereocenters. The van der Waals surface area contributed by atoms with Gasteiger partial charge < -0.3 is 5.73 Å². The van der Waals surface area contributed by atoms with Gasteiger partial charge in [-0.15, -0.1) is 0 Å². The van der Waals surface area contributed by atoms with Gasteiger partial charge in [-0.2, -0.15) is 5.26 Å². The molecule has 3 heteroatoms. The Kier molecular flexibility index (Phi) is 3.78. The number of fused-ring (bicyclic) bond motifs is 1. The fourth-order valence-corrected chi connectivity index (χ4v) is 3.91. The molecule has 0 aromatic heterocycles. The van der Waals surface area contributed by atoms with E-state index < -0.39 is 0 Å². The van der Waals surface area contributed by atoms with E-state index in [4.69, 9.17) is 11.0 Å². The fourth-order valence-electron chi connectivity index (χ4n) is 3.91. The number of rotatable bonds is 2. The molecular formula is C17H23N3. The maximum atomic E-state index is 8.87. The van der Waals surface area contributed by atoms with Crippen LogP contribution in [-0.4, -0.2) is 24.0 Å². The molecular weight excluding hydrogens is 246 g/mol. The van der Waals surface area contributed by atoms with Gasteiger partial charge in [0.25, 0.3) is 0 Å². The molecule has 2 fully saturated rings. The van der Waals surface area contributed by atoms with Crippen LogP contribution in [0.3, 0.4) is 0 Å². The van der Waals surface area contributed by atoms with Crippen molar-refractivity contribution in [2.75, 3.05) is 13.1 Å². The summed E-state index contributed by atoms with van der Waals surface area (Å²) in [4.78, 5) is 2.57. The molecule has 1 saturated carbocycles. The van der Waals surface area contributed by atoms with Gasteiger partial charge in [-0.25, -0.2) is 0 Å². The maximum absolute atomic E-state index is 8.87. The second kappa shape index (κ2) is 5.55. The molecule has 1 heterocycles. The largest absolute Gasteiger partial charge is 0.327 e. The lowest BCUT2D eigenvalue weighted by Crippen LogP contribution is -2.38. The Bertz CT molecular complexity index is 502. The number of benzene rings is 1. The molecule has 0 bridgehead atoms. The standard InChI is InChI=1S/C17H23N3/c1-12(14-7-5-13(9-18)6-8-14)20-10-15-3-2-4-17(19)16(15)11-20/h5-8,12,15-17H,2-4,10-11,19H2,1H3. The van der Waals surface area contributed by atoms with Crippen LogP contribution in [0, 0.1) is 23.2 Å². The van der Waals surface area contributed by atoms with E-state index in [-0.39, 0.29) is 0 Å². The molecule has 1 aromatic rings. The molecule has 2 aliphatic rings. The van der Waals surface area contributed by atoms with E-state index >= 15 is 0 Å². The Labute approximate surface area is 121 Å². The van der Waals surface area contributed by atoms with Gasteiger partial charge >= 0.3 is 0 Å². The summed E-state index contributed by atoms with van der Waals surface area (Å²) in [5.74, 6) is 1.48. The minimum absolute atomic E-state index is 0.395. The van der Waals surface area contributed by atoms with Crippen LogP contribution in [0.2, 0.25) is 0 Å². The average molecular weight is 269 g/mol. The van der Waals surface area contributed by atoms with Crippen molar-refractivity contribution in [1.29, 1.82) is 5.26 Å². The SMILES string of the molecule is CC(c1ccc(C#N)cc1)N1CC2CCCC(N)C2C1. The van der Waals surface area contributed by atoms with Crippen molar-refractivity contribution in [3.05, 3.63) is 35.4 Å². The van der Waals surface area contributed by atoms with Crippen LogP contribution in [-0.2, 0) is 0 Å². The Morgan fingerprint density at radius 1 is 1.25 bits per heavy atom. The van der Waals surface area contributed by atoms with Gasteiger partial charge in [-0.1, -0.05) is 18.6 Å². The van der Waals surface area contributed by atoms with Crippen LogP contribution in [0.25, 0.3) is 0 Å². The van der Waals surface area contributed by atoms with Crippen LogP contribution >= 0.6 is 0 Å². The predicted octanol–water partition coefficient (Wildman–Crippen LogP) is 2.68. The van der Waals surface area contributed by atoms with Crippen LogP contribution in [0.5, 0.6) is 0 Å². The molecule has 106 valence electrons. The van der Waals surface area contributed by atoms with Crippen molar-refractivity contribution in [1.82, 2.24) is 4.90 Å². The lowest BCUT2D eigenvalue weighted by atomic mass is 9.78. The molecule has 1 aromatic carbocycles. The zero-order chi connectivity index (χ0) is 14.1. The van der Waals surface area contributed by atoms with Gasteiger partial charge in [0.05, 0.1) is 11.6 Å². The average Bonchev–Trinajstić information content (AvgIpc) is 2.92. The molecule has 20 heavy (non-hydrogen) atoms. The van der Waals surface area contributed by atoms with E-state index in [1.54, 1.807) is 0 Å². The molecule has 4 unspecified atom stereocenters.